The van der Waals surface area contributed by atoms with Gasteiger partial charge in [-0.25, -0.2) is 4.79 Å². The molecule has 2 fully saturated rings. The molecule has 1 aliphatic heterocycles. The summed E-state index contributed by atoms with van der Waals surface area (Å²) < 4.78 is 41.0. The van der Waals surface area contributed by atoms with Crippen LogP contribution in [0, 0.1) is 17.8 Å². The molecule has 0 radical (unpaired) electrons. The summed E-state index contributed by atoms with van der Waals surface area (Å²) >= 11 is 0. The summed E-state index contributed by atoms with van der Waals surface area (Å²) in [5.41, 5.74) is 1.67. The van der Waals surface area contributed by atoms with Gasteiger partial charge in [-0.3, -0.25) is 0 Å². The molecule has 3 aliphatic rings. The molecule has 146 valence electrons. The monoisotopic (exact) mass is 387 g/mol. The van der Waals surface area contributed by atoms with Gasteiger partial charge in [0.2, 0.25) is 0 Å². The number of carboxylic acids is 1. The number of fused-ring (bicyclic) bond motifs is 7. The highest BCUT2D eigenvalue weighted by Crippen LogP contribution is 2.64. The average Bonchev–Trinajstić information content (AvgIpc) is 3.28. The van der Waals surface area contributed by atoms with Crippen LogP contribution in [0.2, 0.25) is 0 Å². The first-order chi connectivity index (χ1) is 13.3. The van der Waals surface area contributed by atoms with Crippen molar-refractivity contribution in [2.45, 2.75) is 37.4 Å². The van der Waals surface area contributed by atoms with Crippen LogP contribution in [0.15, 0.2) is 42.5 Å². The van der Waals surface area contributed by atoms with Gasteiger partial charge in [-0.1, -0.05) is 18.2 Å². The van der Waals surface area contributed by atoms with Crippen LogP contribution in [0.25, 0.3) is 0 Å². The lowest BCUT2D eigenvalue weighted by molar-refractivity contribution is -0.138. The molecule has 0 aromatic heterocycles. The fourth-order valence-corrected chi connectivity index (χ4v) is 5.95. The first kappa shape index (κ1) is 17.6. The zero-order valence-corrected chi connectivity index (χ0v) is 15.0. The number of benzene rings is 2. The summed E-state index contributed by atoms with van der Waals surface area (Å²) in [6.45, 7) is 0. The number of rotatable bonds is 2. The van der Waals surface area contributed by atoms with Crippen molar-refractivity contribution in [3.63, 3.8) is 0 Å². The second kappa shape index (κ2) is 6.00. The van der Waals surface area contributed by atoms with Crippen LogP contribution < -0.4 is 5.32 Å². The summed E-state index contributed by atoms with van der Waals surface area (Å²) in [5, 5.41) is 12.7. The van der Waals surface area contributed by atoms with Gasteiger partial charge in [0.25, 0.3) is 0 Å². The molecule has 6 heteroatoms. The third-order valence-corrected chi connectivity index (χ3v) is 6.94. The molecule has 1 heterocycles. The molecule has 2 aliphatic carbocycles. The van der Waals surface area contributed by atoms with Crippen molar-refractivity contribution < 1.29 is 23.1 Å². The smallest absolute Gasteiger partial charge is 0.416 e. The normalized spacial score (nSPS) is 30.5. The second-order valence-electron chi connectivity index (χ2n) is 8.25. The molecule has 5 atom stereocenters. The average molecular weight is 387 g/mol. The van der Waals surface area contributed by atoms with Crippen molar-refractivity contribution in [2.75, 3.05) is 5.32 Å². The number of nitrogens with one attached hydrogen (secondary N) is 1. The fourth-order valence-electron chi connectivity index (χ4n) is 5.95. The molecule has 3 nitrogen and oxygen atoms in total. The number of alkyl halides is 3. The Hall–Kier alpha value is -2.50. The van der Waals surface area contributed by atoms with E-state index in [4.69, 9.17) is 0 Å². The van der Waals surface area contributed by atoms with Crippen molar-refractivity contribution in [1.29, 1.82) is 0 Å². The molecule has 0 amide bonds. The molecular weight excluding hydrogens is 367 g/mol. The predicted octanol–water partition coefficient (Wildman–Crippen LogP) is 5.70. The minimum atomic E-state index is -4.40. The maximum atomic E-state index is 13.7. The summed E-state index contributed by atoms with van der Waals surface area (Å²) in [4.78, 5) is 11.4. The standard InChI is InChI=1S/C22H20F3NO2/c23-22(24,25)16-4-2-1-3-14(16)20-19-12-6-5-11(9-12)18(19)15-10-13(21(27)28)7-8-17(15)26-20/h1-4,7-8,10-12,18-20,26H,5-6,9H2,(H,27,28)/t11-,12-,18-,19-,20-/m0/s1. The Balaban J connectivity index is 1.65. The minimum Gasteiger partial charge on any atom is -0.478 e. The topological polar surface area (TPSA) is 49.3 Å². The van der Waals surface area contributed by atoms with E-state index >= 15 is 0 Å². The highest BCUT2D eigenvalue weighted by molar-refractivity contribution is 5.88. The Bertz CT molecular complexity index is 955. The molecule has 28 heavy (non-hydrogen) atoms. The Labute approximate surface area is 160 Å². The Morgan fingerprint density at radius 1 is 1.04 bits per heavy atom. The zero-order chi connectivity index (χ0) is 19.6. The molecular formula is C22H20F3NO2. The summed E-state index contributed by atoms with van der Waals surface area (Å²) in [7, 11) is 0. The van der Waals surface area contributed by atoms with Crippen molar-refractivity contribution in [3.8, 4) is 0 Å². The van der Waals surface area contributed by atoms with Gasteiger partial charge in [-0.15, -0.1) is 0 Å². The van der Waals surface area contributed by atoms with Gasteiger partial charge in [0.1, 0.15) is 0 Å². The summed E-state index contributed by atoms with van der Waals surface area (Å²) in [6, 6.07) is 10.4. The maximum absolute atomic E-state index is 13.7. The van der Waals surface area contributed by atoms with Crippen molar-refractivity contribution in [1.82, 2.24) is 0 Å². The van der Waals surface area contributed by atoms with Crippen LogP contribution >= 0.6 is 0 Å². The number of hydrogen-bond donors (Lipinski definition) is 2. The van der Waals surface area contributed by atoms with E-state index in [1.54, 1.807) is 24.3 Å². The molecule has 0 saturated heterocycles. The summed E-state index contributed by atoms with van der Waals surface area (Å²) in [5.74, 6) is -0.0256. The van der Waals surface area contributed by atoms with E-state index in [0.29, 0.717) is 17.4 Å². The molecule has 0 spiro atoms. The van der Waals surface area contributed by atoms with Crippen molar-refractivity contribution in [2.24, 2.45) is 17.8 Å². The van der Waals surface area contributed by atoms with Crippen LogP contribution in [-0.2, 0) is 6.18 Å². The van der Waals surface area contributed by atoms with Gasteiger partial charge in [0, 0.05) is 5.69 Å². The Morgan fingerprint density at radius 3 is 2.54 bits per heavy atom. The lowest BCUT2D eigenvalue weighted by Gasteiger charge is -2.44. The molecule has 2 aromatic carbocycles. The van der Waals surface area contributed by atoms with Gasteiger partial charge < -0.3 is 10.4 Å². The number of carboxylic acid groups (broad SMARTS) is 1. The number of carbonyl (C=O) groups is 1. The van der Waals surface area contributed by atoms with E-state index in [-0.39, 0.29) is 17.4 Å². The lowest BCUT2D eigenvalue weighted by atomic mass is 9.67. The van der Waals surface area contributed by atoms with E-state index in [2.05, 4.69) is 5.32 Å². The molecule has 5 rings (SSSR count). The third kappa shape index (κ3) is 2.54. The van der Waals surface area contributed by atoms with Crippen LogP contribution in [-0.4, -0.2) is 11.1 Å². The molecule has 2 saturated carbocycles. The fraction of sp³-hybridized carbons (Fsp3) is 0.409. The molecule has 0 unspecified atom stereocenters. The predicted molar refractivity (Wildman–Crippen MR) is 98.3 cm³/mol. The van der Waals surface area contributed by atoms with Gasteiger partial charge in [0.15, 0.2) is 0 Å². The first-order valence-corrected chi connectivity index (χ1v) is 9.64. The lowest BCUT2D eigenvalue weighted by Crippen LogP contribution is -2.36. The highest BCUT2D eigenvalue weighted by atomic mass is 19.4. The van der Waals surface area contributed by atoms with E-state index in [1.807, 2.05) is 0 Å². The van der Waals surface area contributed by atoms with Gasteiger partial charge in [-0.05, 0) is 78.3 Å². The Kier molecular flexibility index (Phi) is 3.77. The minimum absolute atomic E-state index is 0.0544. The van der Waals surface area contributed by atoms with Crippen molar-refractivity contribution >= 4 is 11.7 Å². The van der Waals surface area contributed by atoms with Crippen LogP contribution in [0.5, 0.6) is 0 Å². The largest absolute Gasteiger partial charge is 0.478 e. The van der Waals surface area contributed by atoms with E-state index < -0.39 is 23.8 Å². The van der Waals surface area contributed by atoms with Crippen LogP contribution in [0.4, 0.5) is 18.9 Å². The number of aromatic carboxylic acids is 1. The molecule has 2 aromatic rings. The van der Waals surface area contributed by atoms with Gasteiger partial charge >= 0.3 is 12.1 Å². The number of hydrogen-bond acceptors (Lipinski definition) is 2. The molecule has 2 bridgehead atoms. The van der Waals surface area contributed by atoms with Crippen molar-refractivity contribution in [3.05, 3.63) is 64.7 Å². The van der Waals surface area contributed by atoms with E-state index in [9.17, 15) is 23.1 Å². The van der Waals surface area contributed by atoms with Crippen LogP contribution in [0.1, 0.15) is 58.3 Å². The molecule has 2 N–H and O–H groups in total. The summed E-state index contributed by atoms with van der Waals surface area (Å²) in [6.07, 6.45) is -1.29. The SMILES string of the molecule is O=C(O)c1ccc2c(c1)[C@@H]1[C@H]3CC[C@@H](C3)[C@@H]1[C@H](c1ccccc1C(F)(F)F)N2. The second-order valence-corrected chi connectivity index (χ2v) is 8.25. The van der Waals surface area contributed by atoms with E-state index in [0.717, 1.165) is 36.6 Å². The Morgan fingerprint density at radius 2 is 1.79 bits per heavy atom. The van der Waals surface area contributed by atoms with E-state index in [1.165, 1.54) is 12.1 Å². The zero-order valence-electron chi connectivity index (χ0n) is 15.0. The quantitative estimate of drug-likeness (QED) is 0.695. The number of halogens is 3. The highest BCUT2D eigenvalue weighted by Gasteiger charge is 2.54. The third-order valence-electron chi connectivity index (χ3n) is 6.94. The maximum Gasteiger partial charge on any atom is 0.416 e. The van der Waals surface area contributed by atoms with Crippen LogP contribution in [0.3, 0.4) is 0 Å². The number of anilines is 1. The van der Waals surface area contributed by atoms with Gasteiger partial charge in [-0.2, -0.15) is 13.2 Å². The first-order valence-electron chi connectivity index (χ1n) is 9.64. The van der Waals surface area contributed by atoms with Gasteiger partial charge in [0.05, 0.1) is 17.2 Å².